The van der Waals surface area contributed by atoms with E-state index in [0.717, 1.165) is 30.4 Å². The van der Waals surface area contributed by atoms with Crippen molar-refractivity contribution in [3.8, 4) is 0 Å². The second-order valence-corrected chi connectivity index (χ2v) is 6.46. The molecule has 1 aliphatic heterocycles. The summed E-state index contributed by atoms with van der Waals surface area (Å²) < 4.78 is 1.85. The minimum absolute atomic E-state index is 0.105. The molecule has 6 nitrogen and oxygen atoms in total. The summed E-state index contributed by atoms with van der Waals surface area (Å²) in [4.78, 5) is 14.4. The van der Waals surface area contributed by atoms with Crippen molar-refractivity contribution in [3.05, 3.63) is 56.4 Å². The summed E-state index contributed by atoms with van der Waals surface area (Å²) >= 11 is 1.82. The molecule has 0 saturated carbocycles. The zero-order valence-corrected chi connectivity index (χ0v) is 12.6. The Balaban J connectivity index is 1.62. The molecule has 0 saturated heterocycles. The molecular formula is C15H14N4O2S. The molecule has 4 rings (SSSR count). The van der Waals surface area contributed by atoms with Crippen LogP contribution in [-0.4, -0.2) is 26.1 Å². The normalized spacial score (nSPS) is 15.1. The quantitative estimate of drug-likeness (QED) is 0.550. The van der Waals surface area contributed by atoms with Gasteiger partial charge in [0, 0.05) is 35.5 Å². The molecule has 2 aromatic heterocycles. The summed E-state index contributed by atoms with van der Waals surface area (Å²) in [7, 11) is 0. The molecule has 0 radical (unpaired) electrons. The van der Waals surface area contributed by atoms with Crippen molar-refractivity contribution in [1.29, 1.82) is 0 Å². The molecule has 0 unspecified atom stereocenters. The number of aromatic nitrogens is 2. The average Bonchev–Trinajstić information content (AvgIpc) is 3.13. The number of hydrogen-bond donors (Lipinski definition) is 0. The van der Waals surface area contributed by atoms with Gasteiger partial charge in [0.15, 0.2) is 0 Å². The van der Waals surface area contributed by atoms with E-state index in [4.69, 9.17) is 0 Å². The van der Waals surface area contributed by atoms with Crippen LogP contribution in [0.1, 0.15) is 10.4 Å². The summed E-state index contributed by atoms with van der Waals surface area (Å²) in [6, 6.07) is 7.05. The van der Waals surface area contributed by atoms with Crippen LogP contribution in [0.2, 0.25) is 0 Å². The van der Waals surface area contributed by atoms with Gasteiger partial charge in [0.05, 0.1) is 23.3 Å². The average molecular weight is 314 g/mol. The van der Waals surface area contributed by atoms with Crippen molar-refractivity contribution in [2.75, 3.05) is 6.54 Å². The maximum atomic E-state index is 10.9. The highest BCUT2D eigenvalue weighted by Crippen LogP contribution is 2.25. The van der Waals surface area contributed by atoms with Gasteiger partial charge >= 0.3 is 0 Å². The van der Waals surface area contributed by atoms with E-state index in [0.29, 0.717) is 6.67 Å². The van der Waals surface area contributed by atoms with Crippen LogP contribution in [0.15, 0.2) is 35.8 Å². The molecule has 0 amide bonds. The fourth-order valence-electron chi connectivity index (χ4n) is 2.90. The third kappa shape index (κ3) is 2.28. The van der Waals surface area contributed by atoms with Crippen LogP contribution in [0.4, 0.5) is 5.69 Å². The maximum Gasteiger partial charge on any atom is 0.271 e. The van der Waals surface area contributed by atoms with E-state index in [-0.39, 0.29) is 10.6 Å². The summed E-state index contributed by atoms with van der Waals surface area (Å²) in [6.45, 7) is 2.55. The molecule has 112 valence electrons. The first-order chi connectivity index (χ1) is 10.7. The highest BCUT2D eigenvalue weighted by molar-refractivity contribution is 7.10. The van der Waals surface area contributed by atoms with Crippen molar-refractivity contribution in [2.45, 2.75) is 19.6 Å². The molecule has 7 heteroatoms. The lowest BCUT2D eigenvalue weighted by Crippen LogP contribution is -2.31. The largest absolute Gasteiger partial charge is 0.280 e. The molecule has 0 N–H and O–H groups in total. The zero-order chi connectivity index (χ0) is 15.1. The van der Waals surface area contributed by atoms with Crippen molar-refractivity contribution >= 4 is 27.9 Å². The van der Waals surface area contributed by atoms with Gasteiger partial charge in [-0.3, -0.25) is 19.7 Å². The number of non-ortho nitro benzene ring substituents is 1. The number of thiophene rings is 1. The third-order valence-corrected chi connectivity index (χ3v) is 5.08. The lowest BCUT2D eigenvalue weighted by molar-refractivity contribution is -0.384. The Morgan fingerprint density at radius 3 is 3.14 bits per heavy atom. The molecule has 0 atom stereocenters. The number of nitro benzene ring substituents is 1. The Labute approximate surface area is 130 Å². The van der Waals surface area contributed by atoms with Crippen LogP contribution in [0.3, 0.4) is 0 Å². The molecule has 1 aromatic carbocycles. The molecule has 3 aromatic rings. The summed E-state index contributed by atoms with van der Waals surface area (Å²) in [5.41, 5.74) is 2.30. The predicted octanol–water partition coefficient (Wildman–Crippen LogP) is 3.02. The lowest BCUT2D eigenvalue weighted by Gasteiger charge is -2.26. The summed E-state index contributed by atoms with van der Waals surface area (Å²) in [5.74, 6) is 0. The number of nitro groups is 1. The lowest BCUT2D eigenvalue weighted by atomic mass is 10.1. The van der Waals surface area contributed by atoms with Gasteiger partial charge < -0.3 is 0 Å². The number of benzene rings is 1. The molecule has 0 aliphatic carbocycles. The highest BCUT2D eigenvalue weighted by atomic mass is 32.1. The summed E-state index contributed by atoms with van der Waals surface area (Å²) in [5, 5.41) is 18.4. The maximum absolute atomic E-state index is 10.9. The van der Waals surface area contributed by atoms with Gasteiger partial charge in [0.25, 0.3) is 5.69 Å². The van der Waals surface area contributed by atoms with E-state index >= 15 is 0 Å². The van der Waals surface area contributed by atoms with Crippen LogP contribution in [0, 0.1) is 10.1 Å². The van der Waals surface area contributed by atoms with E-state index in [9.17, 15) is 10.1 Å². The van der Waals surface area contributed by atoms with Crippen LogP contribution >= 0.6 is 11.3 Å². The van der Waals surface area contributed by atoms with Crippen molar-refractivity contribution in [1.82, 2.24) is 14.7 Å². The fourth-order valence-corrected chi connectivity index (χ4v) is 3.79. The van der Waals surface area contributed by atoms with Crippen molar-refractivity contribution in [2.24, 2.45) is 0 Å². The Hall–Kier alpha value is -2.25. The Bertz CT molecular complexity index is 854. The fraction of sp³-hybridized carbons (Fsp3) is 0.267. The molecule has 0 bridgehead atoms. The molecule has 0 fully saturated rings. The van der Waals surface area contributed by atoms with Gasteiger partial charge in [-0.15, -0.1) is 11.3 Å². The van der Waals surface area contributed by atoms with E-state index in [1.165, 1.54) is 16.5 Å². The standard InChI is InChI=1S/C15H14N4O2S/c20-19(21)13-2-1-11-8-16-18(14(11)7-13)10-17-5-3-15-12(9-17)4-6-22-15/h1-2,4,6-8H,3,5,9-10H2. The van der Waals surface area contributed by atoms with Crippen molar-refractivity contribution in [3.63, 3.8) is 0 Å². The SMILES string of the molecule is O=[N+]([O-])c1ccc2cnn(CN3CCc4sccc4C3)c2c1. The topological polar surface area (TPSA) is 64.2 Å². The van der Waals surface area contributed by atoms with E-state index < -0.39 is 0 Å². The first-order valence-corrected chi connectivity index (χ1v) is 7.96. The molecular weight excluding hydrogens is 300 g/mol. The van der Waals surface area contributed by atoms with Gasteiger partial charge in [-0.1, -0.05) is 0 Å². The minimum Gasteiger partial charge on any atom is -0.280 e. The number of nitrogens with zero attached hydrogens (tertiary/aromatic N) is 4. The number of hydrogen-bond acceptors (Lipinski definition) is 5. The number of fused-ring (bicyclic) bond motifs is 2. The monoisotopic (exact) mass is 314 g/mol. The van der Waals surface area contributed by atoms with Crippen LogP contribution < -0.4 is 0 Å². The second-order valence-electron chi connectivity index (χ2n) is 5.46. The van der Waals surface area contributed by atoms with Gasteiger partial charge in [-0.05, 0) is 29.5 Å². The summed E-state index contributed by atoms with van der Waals surface area (Å²) in [6.07, 6.45) is 2.82. The smallest absolute Gasteiger partial charge is 0.271 e. The van der Waals surface area contributed by atoms with E-state index in [2.05, 4.69) is 21.4 Å². The first-order valence-electron chi connectivity index (χ1n) is 7.08. The highest BCUT2D eigenvalue weighted by Gasteiger charge is 2.18. The van der Waals surface area contributed by atoms with Crippen LogP contribution in [-0.2, 0) is 19.6 Å². The molecule has 3 heterocycles. The first kappa shape index (κ1) is 13.4. The minimum atomic E-state index is -0.366. The third-order valence-electron chi connectivity index (χ3n) is 4.06. The van der Waals surface area contributed by atoms with E-state index in [1.54, 1.807) is 18.3 Å². The van der Waals surface area contributed by atoms with Gasteiger partial charge in [-0.2, -0.15) is 5.10 Å². The van der Waals surface area contributed by atoms with Gasteiger partial charge in [-0.25, -0.2) is 0 Å². The zero-order valence-electron chi connectivity index (χ0n) is 11.8. The van der Waals surface area contributed by atoms with Gasteiger partial charge in [0.2, 0.25) is 0 Å². The predicted molar refractivity (Wildman–Crippen MR) is 84.8 cm³/mol. The molecule has 0 spiro atoms. The molecule has 1 aliphatic rings. The van der Waals surface area contributed by atoms with Crippen molar-refractivity contribution < 1.29 is 4.92 Å². The Morgan fingerprint density at radius 2 is 2.27 bits per heavy atom. The van der Waals surface area contributed by atoms with E-state index in [1.807, 2.05) is 16.0 Å². The molecule has 22 heavy (non-hydrogen) atoms. The van der Waals surface area contributed by atoms with Crippen LogP contribution in [0.25, 0.3) is 10.9 Å². The number of rotatable bonds is 3. The van der Waals surface area contributed by atoms with Crippen LogP contribution in [0.5, 0.6) is 0 Å². The Kier molecular flexibility index (Phi) is 3.16. The van der Waals surface area contributed by atoms with Gasteiger partial charge in [0.1, 0.15) is 0 Å². The Morgan fingerprint density at radius 1 is 1.36 bits per heavy atom. The second kappa shape index (κ2) is 5.19.